The van der Waals surface area contributed by atoms with E-state index >= 15 is 0 Å². The topological polar surface area (TPSA) is 103 Å². The zero-order valence-electron chi connectivity index (χ0n) is 12.8. The number of urea groups is 1. The predicted octanol–water partition coefficient (Wildman–Crippen LogP) is 1.03. The van der Waals surface area contributed by atoms with Gasteiger partial charge in [0.25, 0.3) is 0 Å². The molecule has 0 aliphatic carbocycles. The number of nitrogens with zero attached hydrogens (tertiary/aromatic N) is 6. The molecule has 2 aromatic heterocycles. The summed E-state index contributed by atoms with van der Waals surface area (Å²) >= 11 is 0. The first-order valence-corrected chi connectivity index (χ1v) is 6.98. The summed E-state index contributed by atoms with van der Waals surface area (Å²) in [6, 6.07) is 5.24. The summed E-state index contributed by atoms with van der Waals surface area (Å²) in [6.07, 6.45) is 5.09. The van der Waals surface area contributed by atoms with E-state index in [1.54, 1.807) is 21.6 Å². The number of carbonyl (C=O) groups is 1. The van der Waals surface area contributed by atoms with Gasteiger partial charge in [-0.3, -0.25) is 4.68 Å². The lowest BCUT2D eigenvalue weighted by Gasteiger charge is -2.10. The third-order valence-corrected chi connectivity index (χ3v) is 3.26. The van der Waals surface area contributed by atoms with Gasteiger partial charge in [-0.2, -0.15) is 5.10 Å². The van der Waals surface area contributed by atoms with Gasteiger partial charge in [0.05, 0.1) is 11.9 Å². The molecule has 9 heteroatoms. The Hall–Kier alpha value is -3.23. The quantitative estimate of drug-likeness (QED) is 0.749. The molecule has 2 amide bonds. The van der Waals surface area contributed by atoms with Crippen molar-refractivity contribution in [3.05, 3.63) is 48.0 Å². The van der Waals surface area contributed by atoms with Crippen molar-refractivity contribution >= 4 is 11.7 Å². The van der Waals surface area contributed by atoms with Gasteiger partial charge >= 0.3 is 6.03 Å². The Labute approximate surface area is 132 Å². The minimum Gasteiger partial charge on any atom is -0.334 e. The second-order valence-corrected chi connectivity index (χ2v) is 5.09. The SMILES string of the molecule is Cc1cc(NC(=O)NCc2cnn(C)c2)ccc1-n1cnnn1. The maximum Gasteiger partial charge on any atom is 0.319 e. The summed E-state index contributed by atoms with van der Waals surface area (Å²) < 4.78 is 3.26. The normalized spacial score (nSPS) is 10.5. The largest absolute Gasteiger partial charge is 0.334 e. The number of aryl methyl sites for hydroxylation is 2. The van der Waals surface area contributed by atoms with E-state index in [-0.39, 0.29) is 6.03 Å². The van der Waals surface area contributed by atoms with Gasteiger partial charge in [-0.1, -0.05) is 0 Å². The average molecular weight is 312 g/mol. The van der Waals surface area contributed by atoms with Crippen molar-refractivity contribution in [2.75, 3.05) is 5.32 Å². The van der Waals surface area contributed by atoms with Gasteiger partial charge in [0.1, 0.15) is 6.33 Å². The van der Waals surface area contributed by atoms with Gasteiger partial charge in [-0.25, -0.2) is 9.48 Å². The van der Waals surface area contributed by atoms with Crippen LogP contribution in [-0.2, 0) is 13.6 Å². The van der Waals surface area contributed by atoms with Crippen LogP contribution in [-0.4, -0.2) is 36.0 Å². The molecule has 0 bridgehead atoms. The van der Waals surface area contributed by atoms with E-state index in [2.05, 4.69) is 31.3 Å². The molecule has 23 heavy (non-hydrogen) atoms. The van der Waals surface area contributed by atoms with Crippen LogP contribution in [0.3, 0.4) is 0 Å². The Bertz CT molecular complexity index is 808. The van der Waals surface area contributed by atoms with Crippen molar-refractivity contribution in [3.63, 3.8) is 0 Å². The molecule has 3 aromatic rings. The first-order valence-electron chi connectivity index (χ1n) is 6.98. The molecule has 0 aliphatic rings. The number of anilines is 1. The highest BCUT2D eigenvalue weighted by Crippen LogP contribution is 2.17. The maximum absolute atomic E-state index is 11.9. The Morgan fingerprint density at radius 2 is 2.22 bits per heavy atom. The van der Waals surface area contributed by atoms with Crippen molar-refractivity contribution in [2.24, 2.45) is 7.05 Å². The van der Waals surface area contributed by atoms with Crippen LogP contribution in [0, 0.1) is 6.92 Å². The van der Waals surface area contributed by atoms with E-state index in [1.807, 2.05) is 32.3 Å². The lowest BCUT2D eigenvalue weighted by atomic mass is 10.2. The molecule has 0 aliphatic heterocycles. The van der Waals surface area contributed by atoms with Crippen LogP contribution in [0.5, 0.6) is 0 Å². The Morgan fingerprint density at radius 3 is 2.87 bits per heavy atom. The molecule has 1 aromatic carbocycles. The first-order chi connectivity index (χ1) is 11.1. The number of aromatic nitrogens is 6. The molecule has 9 nitrogen and oxygen atoms in total. The van der Waals surface area contributed by atoms with Gasteiger partial charge < -0.3 is 10.6 Å². The molecule has 0 spiro atoms. The van der Waals surface area contributed by atoms with E-state index in [9.17, 15) is 4.79 Å². The van der Waals surface area contributed by atoms with Crippen LogP contribution in [0.2, 0.25) is 0 Å². The highest BCUT2D eigenvalue weighted by Gasteiger charge is 2.06. The molecule has 0 atom stereocenters. The fourth-order valence-electron chi connectivity index (χ4n) is 2.18. The zero-order chi connectivity index (χ0) is 16.2. The van der Waals surface area contributed by atoms with Crippen molar-refractivity contribution in [1.82, 2.24) is 35.3 Å². The molecule has 0 unspecified atom stereocenters. The molecule has 118 valence electrons. The van der Waals surface area contributed by atoms with Gasteiger partial charge in [0, 0.05) is 31.0 Å². The van der Waals surface area contributed by atoms with Gasteiger partial charge in [-0.15, -0.1) is 5.10 Å². The predicted molar refractivity (Wildman–Crippen MR) is 83.0 cm³/mol. The monoisotopic (exact) mass is 312 g/mol. The summed E-state index contributed by atoms with van der Waals surface area (Å²) in [5, 5.41) is 20.7. The number of tetrazole rings is 1. The lowest BCUT2D eigenvalue weighted by Crippen LogP contribution is -2.28. The Balaban J connectivity index is 1.61. The molecule has 2 N–H and O–H groups in total. The number of hydrogen-bond donors (Lipinski definition) is 2. The number of carbonyl (C=O) groups excluding carboxylic acids is 1. The summed E-state index contributed by atoms with van der Waals surface area (Å²) in [5.41, 5.74) is 3.44. The summed E-state index contributed by atoms with van der Waals surface area (Å²) in [5.74, 6) is 0. The van der Waals surface area contributed by atoms with Crippen molar-refractivity contribution in [1.29, 1.82) is 0 Å². The van der Waals surface area contributed by atoms with Crippen LogP contribution < -0.4 is 10.6 Å². The van der Waals surface area contributed by atoms with Crippen molar-refractivity contribution < 1.29 is 4.79 Å². The molecule has 2 heterocycles. The number of amides is 2. The molecule has 3 rings (SSSR count). The van der Waals surface area contributed by atoms with Crippen LogP contribution in [0.25, 0.3) is 5.69 Å². The highest BCUT2D eigenvalue weighted by atomic mass is 16.2. The minimum absolute atomic E-state index is 0.275. The van der Waals surface area contributed by atoms with E-state index in [0.717, 1.165) is 16.8 Å². The van der Waals surface area contributed by atoms with Crippen molar-refractivity contribution in [3.8, 4) is 5.69 Å². The fourth-order valence-corrected chi connectivity index (χ4v) is 2.18. The first kappa shape index (κ1) is 14.7. The maximum atomic E-state index is 11.9. The number of benzene rings is 1. The molecule has 0 fully saturated rings. The van der Waals surface area contributed by atoms with Crippen LogP contribution in [0.4, 0.5) is 10.5 Å². The average Bonchev–Trinajstić information content (AvgIpc) is 3.17. The third-order valence-electron chi connectivity index (χ3n) is 3.26. The van der Waals surface area contributed by atoms with Gasteiger partial charge in [0.15, 0.2) is 0 Å². The smallest absolute Gasteiger partial charge is 0.319 e. The van der Waals surface area contributed by atoms with Crippen LogP contribution in [0.15, 0.2) is 36.9 Å². The van der Waals surface area contributed by atoms with E-state index in [4.69, 9.17) is 0 Å². The zero-order valence-corrected chi connectivity index (χ0v) is 12.8. The van der Waals surface area contributed by atoms with E-state index in [1.165, 1.54) is 6.33 Å². The number of nitrogens with one attached hydrogen (secondary N) is 2. The Kier molecular flexibility index (Phi) is 4.00. The fraction of sp³-hybridized carbons (Fsp3) is 0.214. The second-order valence-electron chi connectivity index (χ2n) is 5.09. The van der Waals surface area contributed by atoms with Crippen LogP contribution in [0.1, 0.15) is 11.1 Å². The second kappa shape index (κ2) is 6.26. The number of rotatable bonds is 4. The van der Waals surface area contributed by atoms with Crippen LogP contribution >= 0.6 is 0 Å². The molecular weight excluding hydrogens is 296 g/mol. The molecular formula is C14H16N8O. The molecule has 0 saturated carbocycles. The van der Waals surface area contributed by atoms with Gasteiger partial charge in [-0.05, 0) is 41.1 Å². The lowest BCUT2D eigenvalue weighted by molar-refractivity contribution is 0.251. The van der Waals surface area contributed by atoms with E-state index in [0.29, 0.717) is 12.2 Å². The van der Waals surface area contributed by atoms with Gasteiger partial charge in [0.2, 0.25) is 0 Å². The van der Waals surface area contributed by atoms with E-state index < -0.39 is 0 Å². The minimum atomic E-state index is -0.275. The summed E-state index contributed by atoms with van der Waals surface area (Å²) in [7, 11) is 1.83. The third kappa shape index (κ3) is 3.51. The van der Waals surface area contributed by atoms with Crippen molar-refractivity contribution in [2.45, 2.75) is 13.5 Å². The molecule has 0 saturated heterocycles. The summed E-state index contributed by atoms with van der Waals surface area (Å²) in [6.45, 7) is 2.34. The molecule has 0 radical (unpaired) electrons. The number of hydrogen-bond acceptors (Lipinski definition) is 5. The highest BCUT2D eigenvalue weighted by molar-refractivity contribution is 5.89. The summed E-state index contributed by atoms with van der Waals surface area (Å²) in [4.78, 5) is 11.9. The standard InChI is InChI=1S/C14H16N8O/c1-10-5-12(3-4-13(10)22-9-16-19-20-22)18-14(23)15-6-11-7-17-21(2)8-11/h3-5,7-9H,6H2,1-2H3,(H2,15,18,23). The Morgan fingerprint density at radius 1 is 1.35 bits per heavy atom.